The van der Waals surface area contributed by atoms with Gasteiger partial charge < -0.3 is 14.8 Å². The van der Waals surface area contributed by atoms with Crippen LogP contribution in [0, 0.1) is 0 Å². The molecule has 4 aromatic rings. The second-order valence-corrected chi connectivity index (χ2v) is 10.6. The SMILES string of the molecule is CC(C)(C)c1ccc(NC(=O)N2CCN(Cc3nc4ccccc4n3Cc3ccccc3)CC2)cc1. The van der Waals surface area contributed by atoms with Crippen LogP contribution >= 0.6 is 0 Å². The highest BCUT2D eigenvalue weighted by Gasteiger charge is 2.23. The van der Waals surface area contributed by atoms with Gasteiger partial charge in [-0.05, 0) is 40.8 Å². The Morgan fingerprint density at radius 2 is 1.50 bits per heavy atom. The number of anilines is 1. The molecular formula is C30H35N5O. The molecule has 1 N–H and O–H groups in total. The summed E-state index contributed by atoms with van der Waals surface area (Å²) in [5, 5.41) is 3.06. The van der Waals surface area contributed by atoms with Gasteiger partial charge >= 0.3 is 6.03 Å². The fourth-order valence-corrected chi connectivity index (χ4v) is 4.75. The highest BCUT2D eigenvalue weighted by atomic mass is 16.2. The minimum atomic E-state index is -0.0329. The van der Waals surface area contributed by atoms with Crippen LogP contribution in [0.4, 0.5) is 10.5 Å². The fraction of sp³-hybridized carbons (Fsp3) is 0.333. The molecule has 3 aromatic carbocycles. The first-order valence-electron chi connectivity index (χ1n) is 12.7. The van der Waals surface area contributed by atoms with E-state index in [9.17, 15) is 4.79 Å². The molecule has 1 aliphatic heterocycles. The molecule has 1 aromatic heterocycles. The number of carbonyl (C=O) groups excluding carboxylic acids is 1. The van der Waals surface area contributed by atoms with Crippen LogP contribution in [0.5, 0.6) is 0 Å². The Hall–Kier alpha value is -3.64. The number of nitrogens with zero attached hydrogens (tertiary/aromatic N) is 4. The van der Waals surface area contributed by atoms with Gasteiger partial charge in [-0.1, -0.05) is 75.4 Å². The summed E-state index contributed by atoms with van der Waals surface area (Å²) in [6.45, 7) is 11.2. The molecule has 0 radical (unpaired) electrons. The zero-order valence-electron chi connectivity index (χ0n) is 21.4. The molecule has 1 saturated heterocycles. The van der Waals surface area contributed by atoms with Crippen molar-refractivity contribution in [3.63, 3.8) is 0 Å². The number of para-hydroxylation sites is 2. The van der Waals surface area contributed by atoms with Crippen molar-refractivity contribution in [2.24, 2.45) is 0 Å². The summed E-state index contributed by atoms with van der Waals surface area (Å²) in [5.74, 6) is 1.07. The fourth-order valence-electron chi connectivity index (χ4n) is 4.75. The summed E-state index contributed by atoms with van der Waals surface area (Å²) >= 11 is 0. The molecule has 36 heavy (non-hydrogen) atoms. The number of piperazine rings is 1. The minimum Gasteiger partial charge on any atom is -0.322 e. The Balaban J connectivity index is 1.21. The maximum atomic E-state index is 12.9. The number of rotatable bonds is 5. The number of aromatic nitrogens is 2. The first kappa shape index (κ1) is 24.1. The number of benzene rings is 3. The third-order valence-electron chi connectivity index (χ3n) is 6.94. The first-order valence-corrected chi connectivity index (χ1v) is 12.7. The predicted molar refractivity (Wildman–Crippen MR) is 146 cm³/mol. The molecule has 0 aliphatic carbocycles. The molecule has 6 nitrogen and oxygen atoms in total. The van der Waals surface area contributed by atoms with Crippen molar-refractivity contribution in [1.29, 1.82) is 0 Å². The maximum Gasteiger partial charge on any atom is 0.321 e. The number of carbonyl (C=O) groups is 1. The average molecular weight is 482 g/mol. The van der Waals surface area contributed by atoms with Gasteiger partial charge in [0.05, 0.1) is 17.6 Å². The smallest absolute Gasteiger partial charge is 0.321 e. The van der Waals surface area contributed by atoms with Crippen molar-refractivity contribution >= 4 is 22.8 Å². The molecule has 2 amide bonds. The third kappa shape index (κ3) is 5.44. The van der Waals surface area contributed by atoms with E-state index in [2.05, 4.69) is 90.2 Å². The normalized spacial score (nSPS) is 14.8. The molecule has 5 rings (SSSR count). The van der Waals surface area contributed by atoms with E-state index in [0.717, 1.165) is 48.7 Å². The number of imidazole rings is 1. The van der Waals surface area contributed by atoms with Crippen LogP contribution in [-0.4, -0.2) is 51.6 Å². The number of nitrogens with one attached hydrogen (secondary N) is 1. The second-order valence-electron chi connectivity index (χ2n) is 10.6. The van der Waals surface area contributed by atoms with Gasteiger partial charge in [-0.3, -0.25) is 4.90 Å². The molecule has 0 spiro atoms. The van der Waals surface area contributed by atoms with Crippen molar-refractivity contribution in [1.82, 2.24) is 19.4 Å². The number of amides is 2. The summed E-state index contributed by atoms with van der Waals surface area (Å²) in [6, 6.07) is 27.0. The van der Waals surface area contributed by atoms with Crippen LogP contribution in [0.15, 0.2) is 78.9 Å². The molecule has 186 valence electrons. The quantitative estimate of drug-likeness (QED) is 0.396. The van der Waals surface area contributed by atoms with E-state index in [1.54, 1.807) is 0 Å². The van der Waals surface area contributed by atoms with Crippen LogP contribution in [0.3, 0.4) is 0 Å². The van der Waals surface area contributed by atoms with Gasteiger partial charge in [0.15, 0.2) is 0 Å². The molecule has 1 fully saturated rings. The van der Waals surface area contributed by atoms with Crippen LogP contribution < -0.4 is 5.32 Å². The monoisotopic (exact) mass is 481 g/mol. The highest BCUT2D eigenvalue weighted by molar-refractivity contribution is 5.89. The van der Waals surface area contributed by atoms with Crippen LogP contribution in [0.2, 0.25) is 0 Å². The Bertz CT molecular complexity index is 1310. The van der Waals surface area contributed by atoms with Crippen molar-refractivity contribution in [3.05, 3.63) is 95.8 Å². The minimum absolute atomic E-state index is 0.0329. The lowest BCUT2D eigenvalue weighted by Crippen LogP contribution is -2.49. The summed E-state index contributed by atoms with van der Waals surface area (Å²) in [7, 11) is 0. The van der Waals surface area contributed by atoms with Gasteiger partial charge in [-0.25, -0.2) is 9.78 Å². The molecule has 0 unspecified atom stereocenters. The van der Waals surface area contributed by atoms with Gasteiger partial charge in [0, 0.05) is 38.4 Å². The zero-order chi connectivity index (χ0) is 25.1. The van der Waals surface area contributed by atoms with Crippen LogP contribution in [-0.2, 0) is 18.5 Å². The number of urea groups is 1. The number of fused-ring (bicyclic) bond motifs is 1. The lowest BCUT2D eigenvalue weighted by molar-refractivity contribution is 0.140. The van der Waals surface area contributed by atoms with Gasteiger partial charge in [-0.15, -0.1) is 0 Å². The van der Waals surface area contributed by atoms with Crippen molar-refractivity contribution in [2.45, 2.75) is 39.3 Å². The largest absolute Gasteiger partial charge is 0.322 e. The molecule has 0 bridgehead atoms. The number of hydrogen-bond donors (Lipinski definition) is 1. The molecule has 2 heterocycles. The molecular weight excluding hydrogens is 446 g/mol. The predicted octanol–water partition coefficient (Wildman–Crippen LogP) is 5.73. The Morgan fingerprint density at radius 3 is 2.19 bits per heavy atom. The van der Waals surface area contributed by atoms with Gasteiger partial charge in [-0.2, -0.15) is 0 Å². The van der Waals surface area contributed by atoms with E-state index in [1.165, 1.54) is 11.1 Å². The Labute approximate surface area is 213 Å². The first-order chi connectivity index (χ1) is 17.4. The summed E-state index contributed by atoms with van der Waals surface area (Å²) < 4.78 is 2.32. The Morgan fingerprint density at radius 1 is 0.833 bits per heavy atom. The molecule has 6 heteroatoms. The highest BCUT2D eigenvalue weighted by Crippen LogP contribution is 2.24. The lowest BCUT2D eigenvalue weighted by atomic mass is 9.87. The van der Waals surface area contributed by atoms with E-state index in [0.29, 0.717) is 13.1 Å². The van der Waals surface area contributed by atoms with Crippen molar-refractivity contribution in [3.8, 4) is 0 Å². The Kier molecular flexibility index (Phi) is 6.79. The summed E-state index contributed by atoms with van der Waals surface area (Å²) in [5.41, 5.74) is 5.64. The summed E-state index contributed by atoms with van der Waals surface area (Å²) in [6.07, 6.45) is 0. The topological polar surface area (TPSA) is 53.4 Å². The number of hydrogen-bond acceptors (Lipinski definition) is 3. The van der Waals surface area contributed by atoms with Gasteiger partial charge in [0.1, 0.15) is 5.82 Å². The van der Waals surface area contributed by atoms with E-state index < -0.39 is 0 Å². The van der Waals surface area contributed by atoms with Crippen molar-refractivity contribution in [2.75, 3.05) is 31.5 Å². The second kappa shape index (κ2) is 10.2. The lowest BCUT2D eigenvalue weighted by Gasteiger charge is -2.34. The van der Waals surface area contributed by atoms with Gasteiger partial charge in [0.2, 0.25) is 0 Å². The van der Waals surface area contributed by atoms with Crippen molar-refractivity contribution < 1.29 is 4.79 Å². The standard InChI is InChI=1S/C30H35N5O/c1-30(2,3)24-13-15-25(16-14-24)31-29(36)34-19-17-33(18-20-34)22-28-32-26-11-7-8-12-27(26)35(28)21-23-9-5-4-6-10-23/h4-16H,17-22H2,1-3H3,(H,31,36). The van der Waals surface area contributed by atoms with E-state index >= 15 is 0 Å². The molecule has 0 saturated carbocycles. The summed E-state index contributed by atoms with van der Waals surface area (Å²) in [4.78, 5) is 22.1. The average Bonchev–Trinajstić information content (AvgIpc) is 3.21. The van der Waals surface area contributed by atoms with Crippen LogP contribution in [0.25, 0.3) is 11.0 Å². The van der Waals surface area contributed by atoms with E-state index in [1.807, 2.05) is 29.2 Å². The van der Waals surface area contributed by atoms with Gasteiger partial charge in [0.25, 0.3) is 0 Å². The van der Waals surface area contributed by atoms with E-state index in [4.69, 9.17) is 4.98 Å². The molecule has 1 aliphatic rings. The maximum absolute atomic E-state index is 12.9. The zero-order valence-corrected chi connectivity index (χ0v) is 21.4. The molecule has 0 atom stereocenters. The third-order valence-corrected chi connectivity index (χ3v) is 6.94. The van der Waals surface area contributed by atoms with Crippen LogP contribution in [0.1, 0.15) is 37.7 Å². The van der Waals surface area contributed by atoms with E-state index in [-0.39, 0.29) is 11.4 Å².